The number of rotatable bonds is 3. The molecule has 2 rings (SSSR count). The second-order valence-electron chi connectivity index (χ2n) is 3.93. The van der Waals surface area contributed by atoms with Crippen LogP contribution in [0.15, 0.2) is 18.2 Å². The molecule has 1 aliphatic rings. The zero-order chi connectivity index (χ0) is 9.97. The van der Waals surface area contributed by atoms with Crippen LogP contribution in [0.2, 0.25) is 0 Å². The summed E-state index contributed by atoms with van der Waals surface area (Å²) in [6, 6.07) is 7.14. The number of hydrogen-bond acceptors (Lipinski definition) is 2. The van der Waals surface area contributed by atoms with Crippen LogP contribution >= 0.6 is 0 Å². The first kappa shape index (κ1) is 9.53. The smallest absolute Gasteiger partial charge is 0.0408 e. The fourth-order valence-corrected chi connectivity index (χ4v) is 2.20. The summed E-state index contributed by atoms with van der Waals surface area (Å²) in [5.41, 5.74) is 9.84. The number of nitrogens with one attached hydrogen (secondary N) is 1. The lowest BCUT2D eigenvalue weighted by molar-refractivity contribution is 0.684. The second kappa shape index (κ2) is 4.01. The molecule has 14 heavy (non-hydrogen) atoms. The third-order valence-electron chi connectivity index (χ3n) is 2.95. The van der Waals surface area contributed by atoms with E-state index in [1.165, 1.54) is 16.8 Å². The van der Waals surface area contributed by atoms with Gasteiger partial charge in [-0.1, -0.05) is 25.1 Å². The van der Waals surface area contributed by atoms with E-state index in [1.807, 2.05) is 0 Å². The van der Waals surface area contributed by atoms with E-state index in [0.717, 1.165) is 25.8 Å². The van der Waals surface area contributed by atoms with Crippen LogP contribution in [0.5, 0.6) is 0 Å². The lowest BCUT2D eigenvalue weighted by Gasteiger charge is -2.10. The highest BCUT2D eigenvalue weighted by atomic mass is 15.0. The fraction of sp³-hybridized carbons (Fsp3) is 0.500. The molecule has 1 heterocycles. The van der Waals surface area contributed by atoms with E-state index < -0.39 is 0 Å². The van der Waals surface area contributed by atoms with Crippen molar-refractivity contribution in [1.82, 2.24) is 0 Å². The van der Waals surface area contributed by atoms with E-state index in [1.54, 1.807) is 0 Å². The summed E-state index contributed by atoms with van der Waals surface area (Å²) in [5, 5.41) is 3.57. The van der Waals surface area contributed by atoms with Crippen molar-refractivity contribution >= 4 is 5.69 Å². The minimum absolute atomic E-state index is 0.558. The van der Waals surface area contributed by atoms with Crippen LogP contribution < -0.4 is 11.1 Å². The number of fused-ring (bicyclic) bond motifs is 1. The normalized spacial score (nSPS) is 19.1. The maximum Gasteiger partial charge on any atom is 0.0408 e. The van der Waals surface area contributed by atoms with Crippen molar-refractivity contribution < 1.29 is 0 Å². The van der Waals surface area contributed by atoms with Gasteiger partial charge in [-0.15, -0.1) is 0 Å². The predicted molar refractivity (Wildman–Crippen MR) is 60.6 cm³/mol. The Bertz CT molecular complexity index is 320. The van der Waals surface area contributed by atoms with Crippen LogP contribution in [0.3, 0.4) is 0 Å². The Balaban J connectivity index is 2.21. The number of aryl methyl sites for hydroxylation is 1. The van der Waals surface area contributed by atoms with E-state index >= 15 is 0 Å². The summed E-state index contributed by atoms with van der Waals surface area (Å²) < 4.78 is 0. The van der Waals surface area contributed by atoms with Gasteiger partial charge in [-0.3, -0.25) is 0 Å². The molecule has 0 radical (unpaired) electrons. The highest BCUT2D eigenvalue weighted by Crippen LogP contribution is 2.30. The summed E-state index contributed by atoms with van der Waals surface area (Å²) in [6.45, 7) is 2.97. The zero-order valence-electron chi connectivity index (χ0n) is 8.72. The van der Waals surface area contributed by atoms with Crippen LogP contribution in [-0.2, 0) is 12.8 Å². The molecule has 1 unspecified atom stereocenters. The summed E-state index contributed by atoms with van der Waals surface area (Å²) >= 11 is 0. The van der Waals surface area contributed by atoms with Crippen molar-refractivity contribution in [3.05, 3.63) is 29.3 Å². The molecule has 1 aromatic rings. The van der Waals surface area contributed by atoms with E-state index in [9.17, 15) is 0 Å². The van der Waals surface area contributed by atoms with Gasteiger partial charge in [-0.2, -0.15) is 0 Å². The van der Waals surface area contributed by atoms with Crippen LogP contribution in [0, 0.1) is 0 Å². The molecular weight excluding hydrogens is 172 g/mol. The molecule has 0 aromatic heterocycles. The van der Waals surface area contributed by atoms with E-state index in [0.29, 0.717) is 6.04 Å². The molecule has 1 aliphatic heterocycles. The third-order valence-corrected chi connectivity index (χ3v) is 2.95. The second-order valence-corrected chi connectivity index (χ2v) is 3.93. The number of nitrogens with two attached hydrogens (primary N) is 1. The Labute approximate surface area is 85.5 Å². The van der Waals surface area contributed by atoms with E-state index in [2.05, 4.69) is 30.4 Å². The van der Waals surface area contributed by atoms with E-state index in [4.69, 9.17) is 5.73 Å². The van der Waals surface area contributed by atoms with Gasteiger partial charge < -0.3 is 11.1 Å². The lowest BCUT2D eigenvalue weighted by Crippen LogP contribution is -2.19. The molecule has 2 nitrogen and oxygen atoms in total. The van der Waals surface area contributed by atoms with Gasteiger partial charge >= 0.3 is 0 Å². The maximum absolute atomic E-state index is 5.57. The van der Waals surface area contributed by atoms with Crippen molar-refractivity contribution in [3.63, 3.8) is 0 Å². The monoisotopic (exact) mass is 190 g/mol. The number of para-hydroxylation sites is 1. The molecule has 0 amide bonds. The highest BCUT2D eigenvalue weighted by molar-refractivity contribution is 5.62. The van der Waals surface area contributed by atoms with Crippen LogP contribution in [0.4, 0.5) is 5.69 Å². The number of anilines is 1. The average molecular weight is 190 g/mol. The minimum Gasteiger partial charge on any atom is -0.381 e. The molecule has 0 saturated heterocycles. The fourth-order valence-electron chi connectivity index (χ4n) is 2.20. The van der Waals surface area contributed by atoms with Gasteiger partial charge in [0.15, 0.2) is 0 Å². The lowest BCUT2D eigenvalue weighted by atomic mass is 10.0. The van der Waals surface area contributed by atoms with Gasteiger partial charge in [-0.25, -0.2) is 0 Å². The zero-order valence-corrected chi connectivity index (χ0v) is 8.72. The third kappa shape index (κ3) is 1.62. The number of hydrogen-bond donors (Lipinski definition) is 2. The van der Waals surface area contributed by atoms with Crippen molar-refractivity contribution in [1.29, 1.82) is 0 Å². The van der Waals surface area contributed by atoms with Gasteiger partial charge in [0.25, 0.3) is 0 Å². The Morgan fingerprint density at radius 2 is 2.36 bits per heavy atom. The van der Waals surface area contributed by atoms with Crippen LogP contribution in [-0.4, -0.2) is 12.6 Å². The maximum atomic E-state index is 5.57. The van der Waals surface area contributed by atoms with Crippen molar-refractivity contribution in [2.24, 2.45) is 5.73 Å². The summed E-state index contributed by atoms with van der Waals surface area (Å²) in [5.74, 6) is 0. The molecule has 0 bridgehead atoms. The van der Waals surface area contributed by atoms with Crippen LogP contribution in [0.25, 0.3) is 0 Å². The molecule has 0 aliphatic carbocycles. The molecule has 2 heteroatoms. The number of benzene rings is 1. The molecule has 0 fully saturated rings. The molecule has 0 saturated carbocycles. The van der Waals surface area contributed by atoms with Crippen molar-refractivity contribution in [2.45, 2.75) is 32.2 Å². The topological polar surface area (TPSA) is 38.0 Å². The van der Waals surface area contributed by atoms with Gasteiger partial charge in [-0.05, 0) is 36.9 Å². The standard InChI is InChI=1S/C12H18N2/c1-2-9-4-3-5-10-8-11(6-7-13)14-12(9)10/h3-5,11,14H,2,6-8,13H2,1H3. The summed E-state index contributed by atoms with van der Waals surface area (Å²) in [4.78, 5) is 0. The van der Waals surface area contributed by atoms with E-state index in [-0.39, 0.29) is 0 Å². The first-order valence-corrected chi connectivity index (χ1v) is 5.42. The Morgan fingerprint density at radius 3 is 3.07 bits per heavy atom. The molecular formula is C12H18N2. The first-order chi connectivity index (χ1) is 6.85. The summed E-state index contributed by atoms with van der Waals surface area (Å²) in [6.07, 6.45) is 3.31. The Kier molecular flexibility index (Phi) is 2.73. The van der Waals surface area contributed by atoms with Gasteiger partial charge in [0.2, 0.25) is 0 Å². The quantitative estimate of drug-likeness (QED) is 0.764. The minimum atomic E-state index is 0.558. The predicted octanol–water partition coefficient (Wildman–Crippen LogP) is 1.93. The van der Waals surface area contributed by atoms with Gasteiger partial charge in [0, 0.05) is 11.7 Å². The Hall–Kier alpha value is -1.02. The van der Waals surface area contributed by atoms with Crippen molar-refractivity contribution in [3.8, 4) is 0 Å². The van der Waals surface area contributed by atoms with Gasteiger partial charge in [0.1, 0.15) is 0 Å². The largest absolute Gasteiger partial charge is 0.381 e. The van der Waals surface area contributed by atoms with Crippen LogP contribution in [0.1, 0.15) is 24.5 Å². The molecule has 0 spiro atoms. The van der Waals surface area contributed by atoms with Crippen molar-refractivity contribution in [2.75, 3.05) is 11.9 Å². The summed E-state index contributed by atoms with van der Waals surface area (Å²) in [7, 11) is 0. The van der Waals surface area contributed by atoms with Gasteiger partial charge in [0.05, 0.1) is 0 Å². The average Bonchev–Trinajstić information content (AvgIpc) is 2.60. The molecule has 1 aromatic carbocycles. The molecule has 76 valence electrons. The highest BCUT2D eigenvalue weighted by Gasteiger charge is 2.21. The molecule has 1 atom stereocenters. The first-order valence-electron chi connectivity index (χ1n) is 5.42. The molecule has 3 N–H and O–H groups in total. The Morgan fingerprint density at radius 1 is 1.50 bits per heavy atom. The SMILES string of the molecule is CCc1cccc2c1NC(CCN)C2.